The number of nitrogens with zero attached hydrogens (tertiary/aromatic N) is 4. The smallest absolute Gasteiger partial charge is 0.160 e. The summed E-state index contributed by atoms with van der Waals surface area (Å²) in [7, 11) is 0. The average Bonchev–Trinajstić information content (AvgIpc) is 3.94. The number of benzene rings is 8. The molecule has 0 amide bonds. The van der Waals surface area contributed by atoms with E-state index >= 15 is 0 Å². The van der Waals surface area contributed by atoms with Crippen LogP contribution in [0.2, 0.25) is 0 Å². The highest BCUT2D eigenvalue weighted by Crippen LogP contribution is 2.43. The average molecular weight is 728 g/mol. The molecule has 0 spiro atoms. The van der Waals surface area contributed by atoms with E-state index in [2.05, 4.69) is 184 Å². The van der Waals surface area contributed by atoms with Gasteiger partial charge in [-0.15, -0.1) is 0 Å². The normalized spacial score (nSPS) is 11.9. The Bertz CT molecular complexity index is 3490. The Morgan fingerprint density at radius 2 is 0.895 bits per heavy atom. The predicted molar refractivity (Wildman–Crippen MR) is 236 cm³/mol. The highest BCUT2D eigenvalue weighted by molar-refractivity contribution is 6.24. The molecule has 0 aliphatic heterocycles. The topological polar surface area (TPSA) is 51.4 Å². The highest BCUT2D eigenvalue weighted by Gasteiger charge is 2.22. The number of hydrogen-bond donors (Lipinski definition) is 1. The molecule has 1 N–H and O–H groups in total. The highest BCUT2D eigenvalue weighted by atomic mass is 15.0. The van der Waals surface area contributed by atoms with Crippen molar-refractivity contribution in [2.75, 3.05) is 0 Å². The second-order valence-electron chi connectivity index (χ2n) is 14.7. The molecule has 4 aromatic heterocycles. The monoisotopic (exact) mass is 727 g/mol. The summed E-state index contributed by atoms with van der Waals surface area (Å²) in [5.74, 6) is 0.711. The molecule has 5 nitrogen and oxygen atoms in total. The van der Waals surface area contributed by atoms with Gasteiger partial charge in [0, 0.05) is 54.9 Å². The molecule has 57 heavy (non-hydrogen) atoms. The second kappa shape index (κ2) is 12.4. The van der Waals surface area contributed by atoms with Crippen molar-refractivity contribution in [2.45, 2.75) is 0 Å². The maximum Gasteiger partial charge on any atom is 0.160 e. The Kier molecular flexibility index (Phi) is 6.86. The van der Waals surface area contributed by atoms with Gasteiger partial charge in [0.25, 0.3) is 0 Å². The third-order valence-electron chi connectivity index (χ3n) is 11.4. The number of fused-ring (bicyclic) bond motifs is 10. The summed E-state index contributed by atoms with van der Waals surface area (Å²) in [6.45, 7) is 0. The van der Waals surface area contributed by atoms with Gasteiger partial charge < -0.3 is 14.1 Å². The molecule has 266 valence electrons. The number of aromatic amines is 1. The van der Waals surface area contributed by atoms with Crippen molar-refractivity contribution >= 4 is 65.5 Å². The molecule has 0 saturated heterocycles. The van der Waals surface area contributed by atoms with Crippen molar-refractivity contribution in [1.29, 1.82) is 0 Å². The van der Waals surface area contributed by atoms with E-state index in [9.17, 15) is 0 Å². The van der Waals surface area contributed by atoms with Gasteiger partial charge in [0.1, 0.15) is 5.52 Å². The zero-order valence-electron chi connectivity index (χ0n) is 30.8. The van der Waals surface area contributed by atoms with Crippen LogP contribution in [-0.2, 0) is 0 Å². The zero-order chi connectivity index (χ0) is 37.5. The summed E-state index contributed by atoms with van der Waals surface area (Å²) in [6.07, 6.45) is 0. The first-order valence-electron chi connectivity index (χ1n) is 19.3. The maximum atomic E-state index is 5.21. The third-order valence-corrected chi connectivity index (χ3v) is 11.4. The van der Waals surface area contributed by atoms with E-state index in [0.29, 0.717) is 5.82 Å². The van der Waals surface area contributed by atoms with Crippen molar-refractivity contribution in [3.05, 3.63) is 194 Å². The fraction of sp³-hybridized carbons (Fsp3) is 0. The van der Waals surface area contributed by atoms with Crippen molar-refractivity contribution < 1.29 is 0 Å². The summed E-state index contributed by atoms with van der Waals surface area (Å²) in [6, 6.07) is 69.1. The van der Waals surface area contributed by atoms with Gasteiger partial charge >= 0.3 is 0 Å². The van der Waals surface area contributed by atoms with Crippen molar-refractivity contribution in [2.24, 2.45) is 0 Å². The second-order valence-corrected chi connectivity index (χ2v) is 14.7. The Morgan fingerprint density at radius 1 is 0.368 bits per heavy atom. The molecule has 0 aliphatic rings. The molecule has 0 bridgehead atoms. The van der Waals surface area contributed by atoms with Crippen LogP contribution in [0.1, 0.15) is 0 Å². The molecule has 0 aliphatic carbocycles. The molecule has 4 heterocycles. The SMILES string of the molecule is c1ccc(-c2nc(-c3ccccc3)c3[nH]c4ccc(-c5ccc6c(c5)c5ccc7c8ccccc8n(-c8ccccc8)c7c5n6-c5ccccc5)cc4c3n2)cc1. The van der Waals surface area contributed by atoms with Gasteiger partial charge in [-0.25, -0.2) is 9.97 Å². The fourth-order valence-corrected chi connectivity index (χ4v) is 8.88. The van der Waals surface area contributed by atoms with Gasteiger partial charge in [-0.2, -0.15) is 0 Å². The maximum absolute atomic E-state index is 5.21. The van der Waals surface area contributed by atoms with E-state index in [1.807, 2.05) is 24.3 Å². The molecular formula is C52H33N5. The minimum Gasteiger partial charge on any atom is -0.351 e. The minimum atomic E-state index is 0.711. The summed E-state index contributed by atoms with van der Waals surface area (Å²) < 4.78 is 4.89. The molecule has 5 heteroatoms. The first-order valence-corrected chi connectivity index (χ1v) is 19.3. The van der Waals surface area contributed by atoms with Gasteiger partial charge in [-0.1, -0.05) is 140 Å². The standard InChI is InChI=1S/C52H33N5/c1-5-15-33(16-6-1)47-49-48(55-52(54-47)34-17-7-2-8-18-34)43-32-35(25-29-44(43)53-49)36-26-30-46-42(31-36)41-28-27-40-39-23-13-14-24-45(39)56(37-19-9-3-10-20-37)50(40)51(41)57(46)38-21-11-4-12-22-38/h1-32,53H. The first kappa shape index (κ1) is 31.6. The molecule has 8 aromatic carbocycles. The van der Waals surface area contributed by atoms with E-state index in [1.165, 1.54) is 43.6 Å². The number of para-hydroxylation sites is 3. The number of rotatable bonds is 5. The van der Waals surface area contributed by atoms with Crippen LogP contribution in [-0.4, -0.2) is 24.1 Å². The van der Waals surface area contributed by atoms with E-state index in [-0.39, 0.29) is 0 Å². The third kappa shape index (κ3) is 4.82. The van der Waals surface area contributed by atoms with Gasteiger partial charge in [0.15, 0.2) is 5.82 Å². The van der Waals surface area contributed by atoms with Crippen LogP contribution in [0.3, 0.4) is 0 Å². The predicted octanol–water partition coefficient (Wildman–Crippen LogP) is 13.3. The van der Waals surface area contributed by atoms with E-state index in [4.69, 9.17) is 9.97 Å². The Hall–Kier alpha value is -7.76. The van der Waals surface area contributed by atoms with Crippen LogP contribution in [0.25, 0.3) is 111 Å². The van der Waals surface area contributed by atoms with Crippen LogP contribution in [0.5, 0.6) is 0 Å². The number of H-pyrrole nitrogens is 1. The molecule has 0 saturated carbocycles. The Balaban J connectivity index is 1.12. The largest absolute Gasteiger partial charge is 0.351 e. The lowest BCUT2D eigenvalue weighted by Crippen LogP contribution is -1.98. The van der Waals surface area contributed by atoms with Crippen LogP contribution < -0.4 is 0 Å². The molecule has 12 aromatic rings. The lowest BCUT2D eigenvalue weighted by molar-refractivity contribution is 1.15. The van der Waals surface area contributed by atoms with Crippen molar-refractivity contribution in [3.63, 3.8) is 0 Å². The van der Waals surface area contributed by atoms with Gasteiger partial charge in [-0.05, 0) is 65.7 Å². The number of hydrogen-bond acceptors (Lipinski definition) is 2. The van der Waals surface area contributed by atoms with Crippen LogP contribution >= 0.6 is 0 Å². The molecule has 0 unspecified atom stereocenters. The first-order chi connectivity index (χ1) is 28.3. The quantitative estimate of drug-likeness (QED) is 0.192. The molecule has 0 fully saturated rings. The number of nitrogens with one attached hydrogen (secondary N) is 1. The Labute approximate surface area is 327 Å². The van der Waals surface area contributed by atoms with Gasteiger partial charge in [-0.3, -0.25) is 0 Å². The molecule has 0 radical (unpaired) electrons. The lowest BCUT2D eigenvalue weighted by atomic mass is 10.0. The molecule has 12 rings (SSSR count). The van der Waals surface area contributed by atoms with Crippen LogP contribution in [0.15, 0.2) is 194 Å². The summed E-state index contributed by atoms with van der Waals surface area (Å²) in [5, 5.41) is 5.96. The Morgan fingerprint density at radius 3 is 1.56 bits per heavy atom. The van der Waals surface area contributed by atoms with E-state index < -0.39 is 0 Å². The van der Waals surface area contributed by atoms with E-state index in [0.717, 1.165) is 61.3 Å². The summed E-state index contributed by atoms with van der Waals surface area (Å²) in [4.78, 5) is 14.0. The summed E-state index contributed by atoms with van der Waals surface area (Å²) >= 11 is 0. The zero-order valence-corrected chi connectivity index (χ0v) is 30.8. The van der Waals surface area contributed by atoms with Gasteiger partial charge in [0.05, 0.1) is 33.3 Å². The van der Waals surface area contributed by atoms with Crippen molar-refractivity contribution in [3.8, 4) is 45.1 Å². The molecular weight excluding hydrogens is 695 g/mol. The van der Waals surface area contributed by atoms with Gasteiger partial charge in [0.2, 0.25) is 0 Å². The van der Waals surface area contributed by atoms with E-state index in [1.54, 1.807) is 0 Å². The minimum absolute atomic E-state index is 0.711. The van der Waals surface area contributed by atoms with Crippen molar-refractivity contribution in [1.82, 2.24) is 24.1 Å². The molecule has 0 atom stereocenters. The van der Waals surface area contributed by atoms with Crippen LogP contribution in [0, 0.1) is 0 Å². The fourth-order valence-electron chi connectivity index (χ4n) is 8.88. The number of aromatic nitrogens is 5. The lowest BCUT2D eigenvalue weighted by Gasteiger charge is -2.12. The van der Waals surface area contributed by atoms with Crippen LogP contribution in [0.4, 0.5) is 0 Å². The summed E-state index contributed by atoms with van der Waals surface area (Å²) in [5.41, 5.74) is 15.1.